The molecule has 5 rings (SSSR count). The van der Waals surface area contributed by atoms with Gasteiger partial charge in [0.2, 0.25) is 0 Å². The summed E-state index contributed by atoms with van der Waals surface area (Å²) in [6.45, 7) is 0.827. The van der Waals surface area contributed by atoms with Crippen molar-refractivity contribution in [1.29, 1.82) is 0 Å². The zero-order valence-corrected chi connectivity index (χ0v) is 19.8. The van der Waals surface area contributed by atoms with Gasteiger partial charge in [-0.3, -0.25) is 9.98 Å². The SMILES string of the molecule is O=C(O)C1(Cc2cc3ccc(F)cc3[nH]2)CSC(CSc2ccccc2C2=NCC(O)CN2)=N1. The maximum atomic E-state index is 13.5. The summed E-state index contributed by atoms with van der Waals surface area (Å²) in [7, 11) is 0. The van der Waals surface area contributed by atoms with E-state index in [1.165, 1.54) is 23.9 Å². The average Bonchev–Trinajstić information content (AvgIpc) is 3.42. The fraction of sp³-hybridized carbons (Fsp3) is 0.292. The van der Waals surface area contributed by atoms with Crippen molar-refractivity contribution in [2.45, 2.75) is 23.0 Å². The first kappa shape index (κ1) is 22.9. The second-order valence-electron chi connectivity index (χ2n) is 8.34. The highest BCUT2D eigenvalue weighted by atomic mass is 32.2. The molecule has 0 spiro atoms. The Balaban J connectivity index is 1.33. The lowest BCUT2D eigenvalue weighted by Crippen LogP contribution is -2.39. The first-order valence-corrected chi connectivity index (χ1v) is 12.8. The van der Waals surface area contributed by atoms with Crippen LogP contribution in [0, 0.1) is 5.82 Å². The number of benzene rings is 2. The molecule has 2 unspecified atom stereocenters. The number of hydrogen-bond acceptors (Lipinski definition) is 7. The molecule has 0 radical (unpaired) electrons. The number of fused-ring (bicyclic) bond motifs is 1. The fourth-order valence-corrected chi connectivity index (χ4v) is 6.35. The number of H-pyrrole nitrogens is 1. The van der Waals surface area contributed by atoms with Crippen LogP contribution < -0.4 is 5.32 Å². The summed E-state index contributed by atoms with van der Waals surface area (Å²) in [5, 5.41) is 24.5. The highest BCUT2D eigenvalue weighted by molar-refractivity contribution is 8.16. The number of aliphatic carboxylic acids is 1. The normalized spacial score (nSPS) is 22.4. The molecule has 3 aromatic rings. The first-order chi connectivity index (χ1) is 16.4. The molecular weight excluding hydrogens is 475 g/mol. The van der Waals surface area contributed by atoms with E-state index in [9.17, 15) is 19.4 Å². The Morgan fingerprint density at radius 2 is 2.12 bits per heavy atom. The number of aliphatic imine (C=N–C) groups is 2. The van der Waals surface area contributed by atoms with Crippen molar-refractivity contribution >= 4 is 51.3 Å². The summed E-state index contributed by atoms with van der Waals surface area (Å²) in [6.07, 6.45) is -0.271. The lowest BCUT2D eigenvalue weighted by Gasteiger charge is -2.20. The standard InChI is InChI=1S/C24H23FN4O3S2/c25-15-6-5-14-7-16(28-19(14)8-15)9-24(23(31)32)13-34-21(29-24)12-33-20-4-2-1-3-18(20)22-26-10-17(30)11-27-22/h1-8,17,28,30H,9-13H2,(H,26,27)(H,31,32). The molecule has 0 saturated heterocycles. The number of halogens is 1. The van der Waals surface area contributed by atoms with E-state index in [1.54, 1.807) is 17.8 Å². The third-order valence-corrected chi connectivity index (χ3v) is 8.25. The zero-order chi connectivity index (χ0) is 23.7. The number of nitrogens with one attached hydrogen (secondary N) is 2. The van der Waals surface area contributed by atoms with E-state index >= 15 is 0 Å². The second kappa shape index (κ2) is 9.44. The topological polar surface area (TPSA) is 110 Å². The van der Waals surface area contributed by atoms with E-state index in [-0.39, 0.29) is 12.2 Å². The Bertz CT molecular complexity index is 1310. The van der Waals surface area contributed by atoms with Crippen LogP contribution in [0.1, 0.15) is 11.3 Å². The molecule has 1 aromatic heterocycles. The molecule has 2 aliphatic rings. The van der Waals surface area contributed by atoms with Gasteiger partial charge >= 0.3 is 5.97 Å². The Hall–Kier alpha value is -2.82. The van der Waals surface area contributed by atoms with E-state index in [0.29, 0.717) is 30.1 Å². The van der Waals surface area contributed by atoms with Crippen LogP contribution in [0.3, 0.4) is 0 Å². The third kappa shape index (κ3) is 4.70. The number of carboxylic acids is 1. The molecule has 0 fully saturated rings. The van der Waals surface area contributed by atoms with Crippen LogP contribution in [0.15, 0.2) is 63.4 Å². The smallest absolute Gasteiger partial charge is 0.332 e. The minimum atomic E-state index is -1.26. The summed E-state index contributed by atoms with van der Waals surface area (Å²) >= 11 is 3.05. The van der Waals surface area contributed by atoms with Gasteiger partial charge in [-0.15, -0.1) is 23.5 Å². The number of amidine groups is 1. The number of aliphatic hydroxyl groups excluding tert-OH is 1. The van der Waals surface area contributed by atoms with Crippen LogP contribution >= 0.6 is 23.5 Å². The van der Waals surface area contributed by atoms with Crippen molar-refractivity contribution in [2.75, 3.05) is 24.6 Å². The van der Waals surface area contributed by atoms with Gasteiger partial charge in [-0.2, -0.15) is 0 Å². The summed E-state index contributed by atoms with van der Waals surface area (Å²) in [6, 6.07) is 14.2. The monoisotopic (exact) mass is 498 g/mol. The number of hydrogen-bond donors (Lipinski definition) is 4. The molecule has 176 valence electrons. The quantitative estimate of drug-likeness (QED) is 0.372. The molecule has 7 nitrogen and oxygen atoms in total. The van der Waals surface area contributed by atoms with Crippen LogP contribution in [-0.4, -0.2) is 68.3 Å². The third-order valence-electron chi connectivity index (χ3n) is 5.80. The summed E-state index contributed by atoms with van der Waals surface area (Å²) in [5.41, 5.74) is 1.06. The van der Waals surface area contributed by atoms with E-state index in [4.69, 9.17) is 0 Å². The van der Waals surface area contributed by atoms with Crippen molar-refractivity contribution in [3.63, 3.8) is 0 Å². The molecule has 3 heterocycles. The average molecular weight is 499 g/mol. The van der Waals surface area contributed by atoms with Crippen LogP contribution in [0.25, 0.3) is 10.9 Å². The number of carbonyl (C=O) groups is 1. The van der Waals surface area contributed by atoms with Gasteiger partial charge in [-0.05, 0) is 35.7 Å². The van der Waals surface area contributed by atoms with Gasteiger partial charge in [0.15, 0.2) is 5.54 Å². The van der Waals surface area contributed by atoms with Gasteiger partial charge in [0, 0.05) is 46.1 Å². The van der Waals surface area contributed by atoms with E-state index in [1.807, 2.05) is 30.3 Å². The molecule has 0 amide bonds. The molecule has 2 aromatic carbocycles. The molecule has 2 atom stereocenters. The van der Waals surface area contributed by atoms with Crippen LogP contribution in [0.4, 0.5) is 4.39 Å². The Morgan fingerprint density at radius 3 is 2.91 bits per heavy atom. The molecule has 34 heavy (non-hydrogen) atoms. The maximum absolute atomic E-state index is 13.5. The minimum absolute atomic E-state index is 0.208. The lowest BCUT2D eigenvalue weighted by atomic mass is 9.96. The van der Waals surface area contributed by atoms with Gasteiger partial charge in [-0.1, -0.05) is 18.2 Å². The number of β-amino-alcohol motifs (C(OH)–C–C–N with tert-alkyl or cyclic N) is 1. The number of rotatable bonds is 7. The maximum Gasteiger partial charge on any atom is 0.332 e. The first-order valence-electron chi connectivity index (χ1n) is 10.8. The van der Waals surface area contributed by atoms with E-state index in [0.717, 1.165) is 32.4 Å². The van der Waals surface area contributed by atoms with Crippen molar-refractivity contribution in [3.8, 4) is 0 Å². The Kier molecular flexibility index (Phi) is 6.37. The zero-order valence-electron chi connectivity index (χ0n) is 18.1. The molecule has 2 aliphatic heterocycles. The second-order valence-corrected chi connectivity index (χ2v) is 10.4. The Labute approximate surface area is 204 Å². The van der Waals surface area contributed by atoms with Crippen LogP contribution in [-0.2, 0) is 11.2 Å². The predicted molar refractivity (Wildman–Crippen MR) is 135 cm³/mol. The molecule has 4 N–H and O–H groups in total. The van der Waals surface area contributed by atoms with E-state index in [2.05, 4.69) is 20.3 Å². The number of aromatic nitrogens is 1. The minimum Gasteiger partial charge on any atom is -0.479 e. The highest BCUT2D eigenvalue weighted by Crippen LogP contribution is 2.35. The molecule has 0 bridgehead atoms. The van der Waals surface area contributed by atoms with Crippen LogP contribution in [0.2, 0.25) is 0 Å². The number of aromatic amines is 1. The molecule has 10 heteroatoms. The van der Waals surface area contributed by atoms with Gasteiger partial charge in [-0.25, -0.2) is 9.18 Å². The molecule has 0 aliphatic carbocycles. The summed E-state index contributed by atoms with van der Waals surface area (Å²) in [4.78, 5) is 25.5. The van der Waals surface area contributed by atoms with Crippen molar-refractivity contribution < 1.29 is 19.4 Å². The van der Waals surface area contributed by atoms with Gasteiger partial charge in [0.25, 0.3) is 0 Å². The number of nitrogens with zero attached hydrogens (tertiary/aromatic N) is 2. The number of thioether (sulfide) groups is 2. The highest BCUT2D eigenvalue weighted by Gasteiger charge is 2.43. The number of aliphatic hydroxyl groups is 1. The van der Waals surface area contributed by atoms with Crippen molar-refractivity contribution in [2.24, 2.45) is 9.98 Å². The summed E-state index contributed by atoms with van der Waals surface area (Å²) < 4.78 is 13.5. The van der Waals surface area contributed by atoms with Crippen LogP contribution in [0.5, 0.6) is 0 Å². The van der Waals surface area contributed by atoms with Gasteiger partial charge in [0.1, 0.15) is 11.7 Å². The van der Waals surface area contributed by atoms with Crippen molar-refractivity contribution in [1.82, 2.24) is 10.3 Å². The molecule has 0 saturated carbocycles. The number of carboxylic acid groups (broad SMARTS) is 1. The predicted octanol–water partition coefficient (Wildman–Crippen LogP) is 3.32. The Morgan fingerprint density at radius 1 is 1.26 bits per heavy atom. The summed E-state index contributed by atoms with van der Waals surface area (Å²) in [5.74, 6) is 0.336. The van der Waals surface area contributed by atoms with Gasteiger partial charge in [0.05, 0.1) is 17.7 Å². The molecular formula is C24H23FN4O3S2. The fourth-order valence-electron chi connectivity index (χ4n) is 4.06. The lowest BCUT2D eigenvalue weighted by molar-refractivity contribution is -0.142. The largest absolute Gasteiger partial charge is 0.479 e. The van der Waals surface area contributed by atoms with Crippen molar-refractivity contribution in [3.05, 3.63) is 65.6 Å². The van der Waals surface area contributed by atoms with Gasteiger partial charge < -0.3 is 20.5 Å². The van der Waals surface area contributed by atoms with E-state index < -0.39 is 17.6 Å².